The SMILES string of the molecule is Nc1ncc2ccn([C@H]3O[C@H](CO)[C@@H](O)[C@H]3O)c2n1. The van der Waals surface area contributed by atoms with Crippen molar-refractivity contribution in [2.24, 2.45) is 0 Å². The summed E-state index contributed by atoms with van der Waals surface area (Å²) in [7, 11) is 0. The normalized spacial score (nSPS) is 31.1. The van der Waals surface area contributed by atoms with Gasteiger partial charge >= 0.3 is 0 Å². The van der Waals surface area contributed by atoms with E-state index in [1.54, 1.807) is 23.0 Å². The number of fused-ring (bicyclic) bond motifs is 1. The number of hydrogen-bond donors (Lipinski definition) is 4. The molecule has 3 heterocycles. The molecule has 0 radical (unpaired) electrons. The highest BCUT2D eigenvalue weighted by atomic mass is 16.6. The minimum Gasteiger partial charge on any atom is -0.394 e. The first-order chi connectivity index (χ1) is 9.11. The first-order valence-corrected chi connectivity index (χ1v) is 5.83. The van der Waals surface area contributed by atoms with Crippen LogP contribution in [0.2, 0.25) is 0 Å². The molecule has 3 rings (SSSR count). The summed E-state index contributed by atoms with van der Waals surface area (Å²) in [4.78, 5) is 7.96. The number of aliphatic hydroxyl groups is 3. The predicted octanol–water partition coefficient (Wildman–Crippen LogP) is -1.38. The summed E-state index contributed by atoms with van der Waals surface area (Å²) >= 11 is 0. The van der Waals surface area contributed by atoms with E-state index in [2.05, 4.69) is 9.97 Å². The van der Waals surface area contributed by atoms with Gasteiger partial charge in [-0.1, -0.05) is 0 Å². The number of nitrogens with zero attached hydrogens (tertiary/aromatic N) is 3. The second kappa shape index (κ2) is 4.42. The summed E-state index contributed by atoms with van der Waals surface area (Å²) < 4.78 is 7.01. The molecular formula is C11H14N4O4. The lowest BCUT2D eigenvalue weighted by Gasteiger charge is -2.17. The number of aliphatic hydroxyl groups excluding tert-OH is 3. The van der Waals surface area contributed by atoms with Gasteiger partial charge in [-0.05, 0) is 6.07 Å². The molecule has 0 unspecified atom stereocenters. The van der Waals surface area contributed by atoms with E-state index in [9.17, 15) is 10.2 Å². The fourth-order valence-electron chi connectivity index (χ4n) is 2.27. The highest BCUT2D eigenvalue weighted by Gasteiger charge is 2.43. The first-order valence-electron chi connectivity index (χ1n) is 5.83. The van der Waals surface area contributed by atoms with Crippen LogP contribution in [0.3, 0.4) is 0 Å². The largest absolute Gasteiger partial charge is 0.394 e. The number of ether oxygens (including phenoxy) is 1. The van der Waals surface area contributed by atoms with Gasteiger partial charge in [-0.25, -0.2) is 4.98 Å². The first kappa shape index (κ1) is 12.3. The summed E-state index contributed by atoms with van der Waals surface area (Å²) in [6, 6.07) is 1.75. The summed E-state index contributed by atoms with van der Waals surface area (Å²) in [6.07, 6.45) is -0.708. The molecule has 1 fully saturated rings. The van der Waals surface area contributed by atoms with Crippen molar-refractivity contribution in [3.8, 4) is 0 Å². The van der Waals surface area contributed by atoms with Gasteiger partial charge in [-0.3, -0.25) is 0 Å². The monoisotopic (exact) mass is 266 g/mol. The molecule has 0 saturated carbocycles. The Balaban J connectivity index is 2.03. The topological polar surface area (TPSA) is 127 Å². The van der Waals surface area contributed by atoms with E-state index in [-0.39, 0.29) is 12.6 Å². The zero-order chi connectivity index (χ0) is 13.6. The Morgan fingerprint density at radius 1 is 1.37 bits per heavy atom. The van der Waals surface area contributed by atoms with Gasteiger partial charge in [0.1, 0.15) is 24.0 Å². The fourth-order valence-corrected chi connectivity index (χ4v) is 2.27. The third kappa shape index (κ3) is 1.85. The fraction of sp³-hybridized carbons (Fsp3) is 0.455. The molecule has 102 valence electrons. The van der Waals surface area contributed by atoms with E-state index in [4.69, 9.17) is 15.6 Å². The molecule has 4 atom stereocenters. The lowest BCUT2D eigenvalue weighted by molar-refractivity contribution is -0.0508. The highest BCUT2D eigenvalue weighted by Crippen LogP contribution is 2.31. The molecule has 0 aliphatic carbocycles. The highest BCUT2D eigenvalue weighted by molar-refractivity contribution is 5.76. The molecule has 1 aliphatic rings. The molecule has 1 aliphatic heterocycles. The molecule has 19 heavy (non-hydrogen) atoms. The molecule has 0 amide bonds. The number of rotatable bonds is 2. The summed E-state index contributed by atoms with van der Waals surface area (Å²) in [6.45, 7) is -0.370. The van der Waals surface area contributed by atoms with E-state index >= 15 is 0 Å². The Morgan fingerprint density at radius 3 is 2.84 bits per heavy atom. The van der Waals surface area contributed by atoms with Crippen LogP contribution >= 0.6 is 0 Å². The number of anilines is 1. The van der Waals surface area contributed by atoms with Crippen LogP contribution in [-0.2, 0) is 4.74 Å². The maximum atomic E-state index is 9.98. The standard InChI is InChI=1S/C11H14N4O4/c12-11-13-3-5-1-2-15(9(5)14-11)10-8(18)7(17)6(4-16)19-10/h1-3,6-8,10,16-18H,4H2,(H2,12,13,14)/t6-,7-,8-,10+/m1/s1. The Bertz CT molecular complexity index is 601. The molecule has 8 nitrogen and oxygen atoms in total. The Labute approximate surface area is 108 Å². The van der Waals surface area contributed by atoms with Gasteiger partial charge < -0.3 is 30.4 Å². The molecular weight excluding hydrogens is 252 g/mol. The zero-order valence-corrected chi connectivity index (χ0v) is 9.92. The van der Waals surface area contributed by atoms with Gasteiger partial charge in [-0.15, -0.1) is 0 Å². The van der Waals surface area contributed by atoms with Crippen molar-refractivity contribution in [1.29, 1.82) is 0 Å². The van der Waals surface area contributed by atoms with E-state index < -0.39 is 24.5 Å². The maximum absolute atomic E-state index is 9.98. The van der Waals surface area contributed by atoms with Gasteiger partial charge in [0.05, 0.1) is 6.61 Å². The van der Waals surface area contributed by atoms with Crippen LogP contribution in [0.1, 0.15) is 6.23 Å². The Hall–Kier alpha value is -1.74. The molecule has 0 aromatic carbocycles. The smallest absolute Gasteiger partial charge is 0.221 e. The maximum Gasteiger partial charge on any atom is 0.221 e. The third-order valence-electron chi connectivity index (χ3n) is 3.27. The summed E-state index contributed by atoms with van der Waals surface area (Å²) in [5.74, 6) is 0.110. The lowest BCUT2D eigenvalue weighted by atomic mass is 10.1. The molecule has 2 aromatic rings. The Morgan fingerprint density at radius 2 is 2.16 bits per heavy atom. The van der Waals surface area contributed by atoms with Crippen molar-refractivity contribution >= 4 is 17.0 Å². The van der Waals surface area contributed by atoms with Crippen LogP contribution in [-0.4, -0.2) is 54.8 Å². The molecule has 5 N–H and O–H groups in total. The van der Waals surface area contributed by atoms with Gasteiger partial charge in [0.2, 0.25) is 5.95 Å². The molecule has 0 spiro atoms. The van der Waals surface area contributed by atoms with Crippen LogP contribution in [0.25, 0.3) is 11.0 Å². The summed E-state index contributed by atoms with van der Waals surface area (Å²) in [5.41, 5.74) is 6.04. The van der Waals surface area contributed by atoms with E-state index in [1.165, 1.54) is 0 Å². The predicted molar refractivity (Wildman–Crippen MR) is 64.9 cm³/mol. The third-order valence-corrected chi connectivity index (χ3v) is 3.27. The van der Waals surface area contributed by atoms with Crippen molar-refractivity contribution in [2.45, 2.75) is 24.5 Å². The minimum absolute atomic E-state index is 0.110. The van der Waals surface area contributed by atoms with Crippen molar-refractivity contribution in [2.75, 3.05) is 12.3 Å². The van der Waals surface area contributed by atoms with Crippen LogP contribution in [0, 0.1) is 0 Å². The zero-order valence-electron chi connectivity index (χ0n) is 9.92. The van der Waals surface area contributed by atoms with Crippen LogP contribution < -0.4 is 5.73 Å². The van der Waals surface area contributed by atoms with Gasteiger partial charge in [0.25, 0.3) is 0 Å². The lowest BCUT2D eigenvalue weighted by Crippen LogP contribution is -2.33. The van der Waals surface area contributed by atoms with Crippen molar-refractivity contribution in [3.05, 3.63) is 18.5 Å². The average Bonchev–Trinajstić information content (AvgIpc) is 2.92. The average molecular weight is 266 g/mol. The number of nitrogen functional groups attached to an aromatic ring is 1. The van der Waals surface area contributed by atoms with E-state index in [1.807, 2.05) is 0 Å². The van der Waals surface area contributed by atoms with Crippen molar-refractivity contribution < 1.29 is 20.1 Å². The molecule has 0 bridgehead atoms. The number of nitrogens with two attached hydrogens (primary N) is 1. The molecule has 2 aromatic heterocycles. The second-order valence-corrected chi connectivity index (χ2v) is 4.46. The summed E-state index contributed by atoms with van der Waals surface area (Å²) in [5, 5.41) is 29.5. The van der Waals surface area contributed by atoms with Gasteiger partial charge in [-0.2, -0.15) is 4.98 Å². The molecule has 8 heteroatoms. The Kier molecular flexibility index (Phi) is 2.86. The van der Waals surface area contributed by atoms with Crippen LogP contribution in [0.15, 0.2) is 18.5 Å². The molecule has 1 saturated heterocycles. The van der Waals surface area contributed by atoms with Gasteiger partial charge in [0.15, 0.2) is 6.23 Å². The van der Waals surface area contributed by atoms with Crippen LogP contribution in [0.4, 0.5) is 5.95 Å². The quantitative estimate of drug-likeness (QED) is 0.528. The van der Waals surface area contributed by atoms with E-state index in [0.29, 0.717) is 5.65 Å². The minimum atomic E-state index is -1.15. The number of hydrogen-bond acceptors (Lipinski definition) is 7. The van der Waals surface area contributed by atoms with Crippen molar-refractivity contribution in [3.63, 3.8) is 0 Å². The van der Waals surface area contributed by atoms with Crippen LogP contribution in [0.5, 0.6) is 0 Å². The van der Waals surface area contributed by atoms with E-state index in [0.717, 1.165) is 5.39 Å². The number of aromatic nitrogens is 3. The van der Waals surface area contributed by atoms with Gasteiger partial charge in [0, 0.05) is 17.8 Å². The second-order valence-electron chi connectivity index (χ2n) is 4.46. The van der Waals surface area contributed by atoms with Crippen molar-refractivity contribution in [1.82, 2.24) is 14.5 Å².